The average molecular weight is 165 g/mol. The average Bonchev–Trinajstić information content (AvgIpc) is 1.27. The van der Waals surface area contributed by atoms with Gasteiger partial charge in [-0.2, -0.15) is 0 Å². The van der Waals surface area contributed by atoms with Crippen LogP contribution in [0.1, 0.15) is 0 Å². The van der Waals surface area contributed by atoms with Crippen molar-refractivity contribution in [2.24, 2.45) is 0 Å². The summed E-state index contributed by atoms with van der Waals surface area (Å²) in [6.45, 7) is 0. The van der Waals surface area contributed by atoms with Crippen LogP contribution < -0.4 is 9.79 Å². The molecule has 0 atom stereocenters. The zero-order chi connectivity index (χ0) is 7.21. The fourth-order valence-electron chi connectivity index (χ4n) is 0. The molecule has 0 saturated heterocycles. The van der Waals surface area contributed by atoms with E-state index < -0.39 is 7.82 Å². The van der Waals surface area contributed by atoms with Gasteiger partial charge in [0.2, 0.25) is 0 Å². The Bertz CT molecular complexity index is 114. The molecule has 0 aromatic heterocycles. The zero-order valence-electron chi connectivity index (χ0n) is 4.04. The molecule has 9 heavy (non-hydrogen) atoms. The molecule has 7 nitrogen and oxygen atoms in total. The molecule has 48 valence electrons. The van der Waals surface area contributed by atoms with Gasteiger partial charge in [-0.1, -0.05) is 0 Å². The Morgan fingerprint density at radius 1 is 1.44 bits per heavy atom. The van der Waals surface area contributed by atoms with Gasteiger partial charge in [-0.05, 0) is 0 Å². The largest absolute Gasteiger partial charge is 3.00 e. The fourth-order valence-corrected chi connectivity index (χ4v) is 0. The van der Waals surface area contributed by atoms with E-state index in [1.807, 2.05) is 0 Å². The maximum Gasteiger partial charge on any atom is 3.00 e. The van der Waals surface area contributed by atoms with Crippen LogP contribution in [0.5, 0.6) is 0 Å². The predicted octanol–water partition coefficient (Wildman–Crippen LogP) is -1.71. The maximum atomic E-state index is 8.66. The molecule has 0 aliphatic heterocycles. The van der Waals surface area contributed by atoms with Crippen molar-refractivity contribution in [1.29, 1.82) is 0 Å². The van der Waals surface area contributed by atoms with Crippen LogP contribution in [0, 0.1) is 0 Å². The first kappa shape index (κ1) is 16.0. The third kappa shape index (κ3) is 125000. The van der Waals surface area contributed by atoms with Gasteiger partial charge in [-0.3, -0.25) is 4.91 Å². The maximum absolute atomic E-state index is 8.66. The summed E-state index contributed by atoms with van der Waals surface area (Å²) < 4.78 is 8.66. The van der Waals surface area contributed by atoms with E-state index in [0.717, 1.165) is 0 Å². The van der Waals surface area contributed by atoms with Crippen LogP contribution in [0.2, 0.25) is 0 Å². The van der Waals surface area contributed by atoms with E-state index in [-0.39, 0.29) is 17.4 Å². The van der Waals surface area contributed by atoms with Crippen LogP contribution in [0.15, 0.2) is 0 Å². The van der Waals surface area contributed by atoms with Crippen molar-refractivity contribution in [3.8, 4) is 0 Å². The molecule has 0 bridgehead atoms. The minimum Gasteiger partial charge on any atom is -0.790 e. The van der Waals surface area contributed by atoms with Crippen molar-refractivity contribution in [1.82, 2.24) is 0 Å². The Kier molecular flexibility index (Phi) is 14.1. The van der Waals surface area contributed by atoms with Crippen LogP contribution >= 0.6 is 7.82 Å². The van der Waals surface area contributed by atoms with Gasteiger partial charge in [-0.15, -0.1) is 0 Å². The molecular weight excluding hydrogens is 164 g/mol. The summed E-state index contributed by atoms with van der Waals surface area (Å²) >= 11 is 0. The Morgan fingerprint density at radius 3 is 1.44 bits per heavy atom. The number of nitrogens with zero attached hydrogens (tertiary/aromatic N) is 3. The number of hydrogen-bond acceptors (Lipinski definition) is 3. The van der Waals surface area contributed by atoms with Crippen molar-refractivity contribution in [3.05, 3.63) is 16.0 Å². The molecule has 0 aliphatic rings. The molecule has 0 unspecified atom stereocenters. The molecule has 0 saturated carbocycles. The monoisotopic (exact) mass is 165 g/mol. The molecule has 0 spiro atoms. The summed E-state index contributed by atoms with van der Waals surface area (Å²) in [6, 6.07) is 0. The van der Waals surface area contributed by atoms with E-state index >= 15 is 0 Å². The Balaban J connectivity index is -0.0000000800. The summed E-state index contributed by atoms with van der Waals surface area (Å²) in [5, 5.41) is 0. The van der Waals surface area contributed by atoms with Crippen molar-refractivity contribution < 1.29 is 19.2 Å². The number of phosphoric acid groups is 1. The minimum absolute atomic E-state index is 0. The molecule has 1 N–H and O–H groups in total. The van der Waals surface area contributed by atoms with Gasteiger partial charge in [0.25, 0.3) is 0 Å². The molecule has 0 fully saturated rings. The molecule has 0 aliphatic carbocycles. The van der Waals surface area contributed by atoms with Crippen molar-refractivity contribution in [2.45, 2.75) is 0 Å². The van der Waals surface area contributed by atoms with E-state index in [1.54, 1.807) is 0 Å². The first-order valence-corrected chi connectivity index (χ1v) is 2.64. The van der Waals surface area contributed by atoms with Crippen LogP contribution in [-0.2, 0) is 4.57 Å². The second-order valence-corrected chi connectivity index (χ2v) is 1.50. The first-order chi connectivity index (χ1) is 3.41. The van der Waals surface area contributed by atoms with E-state index in [2.05, 4.69) is 0 Å². The van der Waals surface area contributed by atoms with Gasteiger partial charge >= 0.3 is 17.4 Å². The third-order valence-corrected chi connectivity index (χ3v) is 0. The van der Waals surface area contributed by atoms with Crippen molar-refractivity contribution in [3.63, 3.8) is 0 Å². The van der Waals surface area contributed by atoms with Gasteiger partial charge in [0, 0.05) is 0 Å². The Morgan fingerprint density at radius 2 is 1.44 bits per heavy atom. The second kappa shape index (κ2) is 7.95. The van der Waals surface area contributed by atoms with Gasteiger partial charge in [-0.25, -0.2) is 0 Å². The molecule has 0 rings (SSSR count). The Labute approximate surface area is 61.1 Å². The molecule has 9 heteroatoms. The van der Waals surface area contributed by atoms with E-state index in [1.165, 1.54) is 4.91 Å². The van der Waals surface area contributed by atoms with Crippen LogP contribution in [0.3, 0.4) is 0 Å². The minimum atomic E-state index is -5.14. The summed E-state index contributed by atoms with van der Waals surface area (Å²) in [7, 11) is -5.14. The fraction of sp³-hybridized carbons (Fsp3) is 0. The van der Waals surface area contributed by atoms with Gasteiger partial charge < -0.3 is 30.3 Å². The van der Waals surface area contributed by atoms with Crippen LogP contribution in [0.4, 0.5) is 0 Å². The third-order valence-electron chi connectivity index (χ3n) is 0. The topological polar surface area (TPSA) is 142 Å². The molecule has 0 radical (unpaired) electrons. The van der Waals surface area contributed by atoms with Crippen molar-refractivity contribution >= 4 is 25.2 Å². The second-order valence-electron chi connectivity index (χ2n) is 0.558. The summed E-state index contributed by atoms with van der Waals surface area (Å²) in [5.41, 5.74) is 13.5. The van der Waals surface area contributed by atoms with Gasteiger partial charge in [0.1, 0.15) is 0 Å². The smallest absolute Gasteiger partial charge is 0.790 e. The van der Waals surface area contributed by atoms with Crippen LogP contribution in [-0.4, -0.2) is 22.3 Å². The van der Waals surface area contributed by atoms with E-state index in [4.69, 9.17) is 30.3 Å². The molecule has 0 heterocycles. The van der Waals surface area contributed by atoms with E-state index in [0.29, 0.717) is 0 Å². The first-order valence-electron chi connectivity index (χ1n) is 1.15. The molecule has 0 aromatic carbocycles. The number of rotatable bonds is 0. The molecule has 0 aromatic rings. The SMILES string of the molecule is O=P([O-])([O-])O.[Al+3].[N-]=[N+]=[N-]. The van der Waals surface area contributed by atoms with Crippen molar-refractivity contribution in [2.75, 3.05) is 0 Å². The standard InChI is InChI=1S/Al.N3.H3O4P/c;1-3-2;1-5(2,3)4/h;;(H3,1,2,3,4)/q+3;-1;/p-2. The van der Waals surface area contributed by atoms with Gasteiger partial charge in [0.15, 0.2) is 0 Å². The van der Waals surface area contributed by atoms with E-state index in [9.17, 15) is 0 Å². The van der Waals surface area contributed by atoms with Gasteiger partial charge in [0.05, 0.1) is 7.82 Å². The quantitative estimate of drug-likeness (QED) is 0.150. The number of hydrogen-bond donors (Lipinski definition) is 1. The summed E-state index contributed by atoms with van der Waals surface area (Å²) in [4.78, 5) is 25.8. The van der Waals surface area contributed by atoms with Crippen LogP contribution in [0.25, 0.3) is 16.0 Å². The summed E-state index contributed by atoms with van der Waals surface area (Å²) in [5.74, 6) is 0. The normalized spacial score (nSPS) is 7.44. The molecule has 0 amide bonds. The predicted molar refractivity (Wildman–Crippen MR) is 25.7 cm³/mol. The molecular formula is HAlN3O4P. The zero-order valence-corrected chi connectivity index (χ0v) is 6.09. The Hall–Kier alpha value is -0.0475. The summed E-state index contributed by atoms with van der Waals surface area (Å²) in [6.07, 6.45) is 0.